The molecule has 1 atom stereocenters. The molecule has 5 heteroatoms. The first-order valence-electron chi connectivity index (χ1n) is 6.60. The normalized spacial score (nSPS) is 20.2. The first kappa shape index (κ1) is 13.2. The van der Waals surface area contributed by atoms with Crippen molar-refractivity contribution in [3.8, 4) is 0 Å². The van der Waals surface area contributed by atoms with E-state index in [0.717, 1.165) is 47.2 Å². The first-order valence-corrected chi connectivity index (χ1v) is 7.80. The van der Waals surface area contributed by atoms with Gasteiger partial charge in [-0.1, -0.05) is 22.9 Å². The minimum atomic E-state index is 0.270. The minimum Gasteiger partial charge on any atom is -0.396 e. The van der Waals surface area contributed by atoms with E-state index in [1.807, 2.05) is 19.1 Å². The fourth-order valence-electron chi connectivity index (χ4n) is 2.61. The number of nitrogens with zero attached hydrogens (tertiary/aromatic N) is 2. The number of aliphatic hydroxyl groups is 1. The molecule has 3 rings (SSSR count). The van der Waals surface area contributed by atoms with E-state index in [1.54, 1.807) is 11.3 Å². The van der Waals surface area contributed by atoms with Gasteiger partial charge in [0.1, 0.15) is 0 Å². The highest BCUT2D eigenvalue weighted by Crippen LogP contribution is 2.34. The fraction of sp³-hybridized carbons (Fsp3) is 0.500. The lowest BCUT2D eigenvalue weighted by Crippen LogP contribution is -2.36. The van der Waals surface area contributed by atoms with Crippen LogP contribution in [0.2, 0.25) is 5.02 Å². The Bertz CT molecular complexity index is 598. The molecule has 1 fully saturated rings. The minimum absolute atomic E-state index is 0.270. The van der Waals surface area contributed by atoms with E-state index in [9.17, 15) is 5.11 Å². The van der Waals surface area contributed by atoms with E-state index in [4.69, 9.17) is 16.6 Å². The number of fused-ring (bicyclic) bond motifs is 1. The van der Waals surface area contributed by atoms with E-state index in [2.05, 4.69) is 4.90 Å². The Labute approximate surface area is 121 Å². The van der Waals surface area contributed by atoms with Crippen LogP contribution in [-0.4, -0.2) is 29.8 Å². The average molecular weight is 297 g/mol. The molecule has 1 N–H and O–H groups in total. The molecule has 19 heavy (non-hydrogen) atoms. The Hall–Kier alpha value is -0.840. The molecule has 0 amide bonds. The number of anilines is 1. The van der Waals surface area contributed by atoms with Crippen LogP contribution < -0.4 is 4.90 Å². The van der Waals surface area contributed by atoms with Gasteiger partial charge < -0.3 is 10.0 Å². The molecule has 1 aliphatic heterocycles. The molecule has 1 unspecified atom stereocenters. The molecule has 1 saturated heterocycles. The number of halogens is 1. The molecule has 0 spiro atoms. The largest absolute Gasteiger partial charge is 0.396 e. The van der Waals surface area contributed by atoms with Gasteiger partial charge in [0.2, 0.25) is 0 Å². The maximum atomic E-state index is 9.31. The molecule has 2 aromatic rings. The van der Waals surface area contributed by atoms with Crippen molar-refractivity contribution in [2.75, 3.05) is 24.6 Å². The maximum Gasteiger partial charge on any atom is 0.186 e. The number of thiazole rings is 1. The van der Waals surface area contributed by atoms with Crippen molar-refractivity contribution in [2.24, 2.45) is 5.92 Å². The Balaban J connectivity index is 1.95. The lowest BCUT2D eigenvalue weighted by atomic mass is 10.00. The molecule has 0 saturated carbocycles. The zero-order chi connectivity index (χ0) is 13.4. The number of benzene rings is 1. The van der Waals surface area contributed by atoms with Gasteiger partial charge in [0.15, 0.2) is 5.13 Å². The van der Waals surface area contributed by atoms with Gasteiger partial charge in [-0.05, 0) is 43.4 Å². The number of hydrogen-bond acceptors (Lipinski definition) is 4. The van der Waals surface area contributed by atoms with E-state index >= 15 is 0 Å². The smallest absolute Gasteiger partial charge is 0.186 e. The summed E-state index contributed by atoms with van der Waals surface area (Å²) in [6.07, 6.45) is 2.24. The Morgan fingerprint density at radius 1 is 1.53 bits per heavy atom. The lowest BCUT2D eigenvalue weighted by molar-refractivity contribution is 0.208. The van der Waals surface area contributed by atoms with Gasteiger partial charge in [0.05, 0.1) is 10.2 Å². The summed E-state index contributed by atoms with van der Waals surface area (Å²) in [6.45, 7) is 4.22. The topological polar surface area (TPSA) is 36.4 Å². The molecular weight excluding hydrogens is 280 g/mol. The zero-order valence-electron chi connectivity index (χ0n) is 10.9. The highest BCUT2D eigenvalue weighted by Gasteiger charge is 2.22. The molecule has 0 radical (unpaired) electrons. The van der Waals surface area contributed by atoms with Gasteiger partial charge in [-0.3, -0.25) is 0 Å². The molecule has 1 aromatic carbocycles. The SMILES string of the molecule is Cc1c(Cl)ccc2sc(N3CCCC(CO)C3)nc12. The maximum absolute atomic E-state index is 9.31. The molecule has 0 bridgehead atoms. The number of aryl methyl sites for hydroxylation is 1. The van der Waals surface area contributed by atoms with Crippen LogP contribution in [-0.2, 0) is 0 Å². The molecule has 1 aromatic heterocycles. The number of hydrogen-bond donors (Lipinski definition) is 1. The summed E-state index contributed by atoms with van der Waals surface area (Å²) in [5.74, 6) is 0.380. The molecule has 2 heterocycles. The first-order chi connectivity index (χ1) is 9.19. The fourth-order valence-corrected chi connectivity index (χ4v) is 3.82. The standard InChI is InChI=1S/C14H17ClN2OS/c1-9-11(15)4-5-12-13(9)16-14(19-12)17-6-2-3-10(7-17)8-18/h4-5,10,18H,2-3,6-8H2,1H3. The highest BCUT2D eigenvalue weighted by atomic mass is 35.5. The monoisotopic (exact) mass is 296 g/mol. The van der Waals surface area contributed by atoms with Crippen molar-refractivity contribution in [1.29, 1.82) is 0 Å². The van der Waals surface area contributed by atoms with E-state index in [-0.39, 0.29) is 6.61 Å². The van der Waals surface area contributed by atoms with Gasteiger partial charge in [-0.2, -0.15) is 0 Å². The number of aliphatic hydroxyl groups excluding tert-OH is 1. The summed E-state index contributed by atoms with van der Waals surface area (Å²) < 4.78 is 1.18. The van der Waals surface area contributed by atoms with Crippen molar-refractivity contribution in [2.45, 2.75) is 19.8 Å². The van der Waals surface area contributed by atoms with Crippen LogP contribution in [0.3, 0.4) is 0 Å². The summed E-state index contributed by atoms with van der Waals surface area (Å²) in [7, 11) is 0. The van der Waals surface area contributed by atoms with Gasteiger partial charge in [0.25, 0.3) is 0 Å². The van der Waals surface area contributed by atoms with Crippen molar-refractivity contribution in [1.82, 2.24) is 4.98 Å². The number of piperidine rings is 1. The van der Waals surface area contributed by atoms with Crippen LogP contribution in [0.5, 0.6) is 0 Å². The van der Waals surface area contributed by atoms with Crippen LogP contribution in [0.4, 0.5) is 5.13 Å². The van der Waals surface area contributed by atoms with Crippen LogP contribution in [0.25, 0.3) is 10.2 Å². The summed E-state index contributed by atoms with van der Waals surface area (Å²) in [5.41, 5.74) is 2.07. The highest BCUT2D eigenvalue weighted by molar-refractivity contribution is 7.22. The van der Waals surface area contributed by atoms with Gasteiger partial charge in [-0.15, -0.1) is 0 Å². The van der Waals surface area contributed by atoms with Crippen LogP contribution in [0.15, 0.2) is 12.1 Å². The van der Waals surface area contributed by atoms with Crippen LogP contribution in [0, 0.1) is 12.8 Å². The van der Waals surface area contributed by atoms with Crippen LogP contribution in [0.1, 0.15) is 18.4 Å². The third kappa shape index (κ3) is 2.45. The van der Waals surface area contributed by atoms with Gasteiger partial charge in [0, 0.05) is 24.7 Å². The van der Waals surface area contributed by atoms with Crippen molar-refractivity contribution >= 4 is 38.3 Å². The van der Waals surface area contributed by atoms with Crippen molar-refractivity contribution in [3.05, 3.63) is 22.7 Å². The lowest BCUT2D eigenvalue weighted by Gasteiger charge is -2.31. The number of aromatic nitrogens is 1. The summed E-state index contributed by atoms with van der Waals surface area (Å²) in [5, 5.41) is 11.1. The second kappa shape index (κ2) is 5.27. The van der Waals surface area contributed by atoms with Crippen LogP contribution >= 0.6 is 22.9 Å². The van der Waals surface area contributed by atoms with Gasteiger partial charge in [-0.25, -0.2) is 4.98 Å². The van der Waals surface area contributed by atoms with Crippen molar-refractivity contribution in [3.63, 3.8) is 0 Å². The second-order valence-corrected chi connectivity index (χ2v) is 6.57. The Kier molecular flexibility index (Phi) is 3.65. The summed E-state index contributed by atoms with van der Waals surface area (Å²) in [4.78, 5) is 7.04. The predicted octanol–water partition coefficient (Wildman–Crippen LogP) is 3.47. The van der Waals surface area contributed by atoms with Crippen molar-refractivity contribution < 1.29 is 5.11 Å². The third-order valence-electron chi connectivity index (χ3n) is 3.78. The predicted molar refractivity (Wildman–Crippen MR) is 81.4 cm³/mol. The van der Waals surface area contributed by atoms with E-state index in [1.165, 1.54) is 4.70 Å². The quantitative estimate of drug-likeness (QED) is 0.922. The number of rotatable bonds is 2. The molecule has 3 nitrogen and oxygen atoms in total. The second-order valence-electron chi connectivity index (χ2n) is 5.15. The Morgan fingerprint density at radius 3 is 3.16 bits per heavy atom. The van der Waals surface area contributed by atoms with E-state index in [0.29, 0.717) is 5.92 Å². The van der Waals surface area contributed by atoms with E-state index < -0.39 is 0 Å². The Morgan fingerprint density at radius 2 is 2.37 bits per heavy atom. The van der Waals surface area contributed by atoms with Gasteiger partial charge >= 0.3 is 0 Å². The molecule has 1 aliphatic rings. The summed E-state index contributed by atoms with van der Waals surface area (Å²) >= 11 is 7.86. The molecule has 0 aliphatic carbocycles. The zero-order valence-corrected chi connectivity index (χ0v) is 12.5. The average Bonchev–Trinajstić information content (AvgIpc) is 2.88. The molecule has 102 valence electrons. The molecular formula is C14H17ClN2OS. The third-order valence-corrected chi connectivity index (χ3v) is 5.28. The summed E-state index contributed by atoms with van der Waals surface area (Å²) in [6, 6.07) is 3.98.